The fraction of sp³-hybridized carbons (Fsp3) is 0.381. The molecule has 3 rings (SSSR count). The van der Waals surface area contributed by atoms with Crippen LogP contribution < -0.4 is 5.32 Å². The first kappa shape index (κ1) is 19.4. The van der Waals surface area contributed by atoms with Crippen LogP contribution in [0.4, 0.5) is 18.9 Å². The first-order valence-corrected chi connectivity index (χ1v) is 9.11. The number of carbonyl (C=O) groups excluding carboxylic acids is 1. The molecule has 0 spiro atoms. The minimum absolute atomic E-state index is 0.333. The topological polar surface area (TPSA) is 32.3 Å². The summed E-state index contributed by atoms with van der Waals surface area (Å²) in [5, 5.41) is 2.63. The van der Waals surface area contributed by atoms with Crippen LogP contribution in [0.2, 0.25) is 0 Å². The monoisotopic (exact) mass is 376 g/mol. The van der Waals surface area contributed by atoms with Gasteiger partial charge in [0.2, 0.25) is 0 Å². The minimum atomic E-state index is -4.38. The number of benzene rings is 2. The molecule has 2 aromatic carbocycles. The molecule has 1 saturated heterocycles. The molecule has 1 fully saturated rings. The van der Waals surface area contributed by atoms with Crippen LogP contribution in [0.1, 0.15) is 41.3 Å². The van der Waals surface area contributed by atoms with Gasteiger partial charge in [-0.2, -0.15) is 13.2 Å². The molecule has 1 aliphatic rings. The van der Waals surface area contributed by atoms with E-state index in [9.17, 15) is 18.0 Å². The molecule has 0 aromatic heterocycles. The van der Waals surface area contributed by atoms with Crippen LogP contribution in [0.25, 0.3) is 0 Å². The lowest BCUT2D eigenvalue weighted by Gasteiger charge is -2.30. The Balaban J connectivity index is 1.58. The summed E-state index contributed by atoms with van der Waals surface area (Å²) in [5.74, 6) is 0.375. The Hall–Kier alpha value is -2.34. The van der Waals surface area contributed by atoms with Gasteiger partial charge >= 0.3 is 6.18 Å². The van der Waals surface area contributed by atoms with Crippen LogP contribution in [-0.2, 0) is 12.7 Å². The number of nitrogens with one attached hydrogen (secondary N) is 1. The summed E-state index contributed by atoms with van der Waals surface area (Å²) >= 11 is 0. The number of anilines is 1. The molecule has 0 radical (unpaired) electrons. The summed E-state index contributed by atoms with van der Waals surface area (Å²) in [6.45, 7) is 5.32. The van der Waals surface area contributed by atoms with Crippen LogP contribution in [0, 0.1) is 5.92 Å². The van der Waals surface area contributed by atoms with E-state index in [1.807, 2.05) is 12.1 Å². The molecule has 1 amide bonds. The van der Waals surface area contributed by atoms with Gasteiger partial charge in [0, 0.05) is 24.3 Å². The Morgan fingerprint density at radius 3 is 2.37 bits per heavy atom. The number of amides is 1. The zero-order valence-corrected chi connectivity index (χ0v) is 15.2. The maximum atomic E-state index is 12.6. The molecule has 27 heavy (non-hydrogen) atoms. The molecule has 1 atom stereocenters. The van der Waals surface area contributed by atoms with E-state index in [2.05, 4.69) is 17.1 Å². The Labute approximate surface area is 157 Å². The average Bonchev–Trinajstić information content (AvgIpc) is 2.62. The van der Waals surface area contributed by atoms with Gasteiger partial charge < -0.3 is 5.32 Å². The predicted molar refractivity (Wildman–Crippen MR) is 99.5 cm³/mol. The number of rotatable bonds is 4. The standard InChI is InChI=1S/C21H23F3N2O/c1-15-3-2-12-26(13-15)14-16-4-6-17(7-5-16)20(27)25-19-10-8-18(9-11-19)21(22,23)24/h4-11,15H,2-3,12-14H2,1H3,(H,25,27)/t15-/m0/s1. The van der Waals surface area contributed by atoms with Crippen molar-refractivity contribution in [2.75, 3.05) is 18.4 Å². The molecular formula is C21H23F3N2O. The molecule has 1 N–H and O–H groups in total. The molecule has 0 aliphatic carbocycles. The van der Waals surface area contributed by atoms with Crippen molar-refractivity contribution in [3.8, 4) is 0 Å². The van der Waals surface area contributed by atoms with Gasteiger partial charge in [0.25, 0.3) is 5.91 Å². The summed E-state index contributed by atoms with van der Waals surface area (Å²) in [5.41, 5.74) is 1.22. The normalized spacial score (nSPS) is 18.3. The smallest absolute Gasteiger partial charge is 0.322 e. The summed E-state index contributed by atoms with van der Waals surface area (Å²) in [6.07, 6.45) is -1.89. The lowest BCUT2D eigenvalue weighted by molar-refractivity contribution is -0.137. The lowest BCUT2D eigenvalue weighted by atomic mass is 9.99. The molecule has 6 heteroatoms. The van der Waals surface area contributed by atoms with Gasteiger partial charge in [-0.25, -0.2) is 0 Å². The molecule has 144 valence electrons. The Morgan fingerprint density at radius 1 is 1.11 bits per heavy atom. The molecule has 0 unspecified atom stereocenters. The van der Waals surface area contributed by atoms with Crippen LogP contribution >= 0.6 is 0 Å². The molecule has 1 heterocycles. The van der Waals surface area contributed by atoms with Crippen molar-refractivity contribution >= 4 is 11.6 Å². The zero-order valence-electron chi connectivity index (χ0n) is 15.2. The molecule has 3 nitrogen and oxygen atoms in total. The number of alkyl halides is 3. The first-order chi connectivity index (χ1) is 12.8. The number of piperidine rings is 1. The van der Waals surface area contributed by atoms with Crippen LogP contribution in [0.3, 0.4) is 0 Å². The molecule has 0 saturated carbocycles. The highest BCUT2D eigenvalue weighted by Crippen LogP contribution is 2.29. The van der Waals surface area contributed by atoms with E-state index in [4.69, 9.17) is 0 Å². The third-order valence-electron chi connectivity index (χ3n) is 4.83. The van der Waals surface area contributed by atoms with E-state index in [-0.39, 0.29) is 5.91 Å². The highest BCUT2D eigenvalue weighted by Gasteiger charge is 2.30. The van der Waals surface area contributed by atoms with E-state index >= 15 is 0 Å². The lowest BCUT2D eigenvalue weighted by Crippen LogP contribution is -2.33. The quantitative estimate of drug-likeness (QED) is 0.796. The number of hydrogen-bond acceptors (Lipinski definition) is 2. The van der Waals surface area contributed by atoms with Crippen LogP contribution in [0.5, 0.6) is 0 Å². The zero-order chi connectivity index (χ0) is 19.4. The first-order valence-electron chi connectivity index (χ1n) is 9.11. The van der Waals surface area contributed by atoms with Crippen molar-refractivity contribution in [3.05, 3.63) is 65.2 Å². The number of hydrogen-bond donors (Lipinski definition) is 1. The molecule has 2 aromatic rings. The predicted octanol–water partition coefficient (Wildman–Crippen LogP) is 5.19. The second kappa shape index (κ2) is 8.13. The third kappa shape index (κ3) is 5.32. The van der Waals surface area contributed by atoms with Crippen LogP contribution in [0.15, 0.2) is 48.5 Å². The molecule has 1 aliphatic heterocycles. The minimum Gasteiger partial charge on any atom is -0.322 e. The van der Waals surface area contributed by atoms with E-state index < -0.39 is 11.7 Å². The van der Waals surface area contributed by atoms with Gasteiger partial charge in [-0.1, -0.05) is 19.1 Å². The second-order valence-electron chi connectivity index (χ2n) is 7.21. The average molecular weight is 376 g/mol. The van der Waals surface area contributed by atoms with Crippen molar-refractivity contribution in [1.29, 1.82) is 0 Å². The highest BCUT2D eigenvalue weighted by molar-refractivity contribution is 6.04. The summed E-state index contributed by atoms with van der Waals surface area (Å²) in [4.78, 5) is 14.7. The number of likely N-dealkylation sites (tertiary alicyclic amines) is 1. The van der Waals surface area contributed by atoms with Gasteiger partial charge in [-0.05, 0) is 67.3 Å². The van der Waals surface area contributed by atoms with Gasteiger partial charge in [-0.15, -0.1) is 0 Å². The van der Waals surface area contributed by atoms with Crippen molar-refractivity contribution in [2.24, 2.45) is 5.92 Å². The Bertz CT molecular complexity index is 770. The molecular weight excluding hydrogens is 353 g/mol. The van der Waals surface area contributed by atoms with Crippen molar-refractivity contribution in [1.82, 2.24) is 4.90 Å². The van der Waals surface area contributed by atoms with Gasteiger partial charge in [-0.3, -0.25) is 9.69 Å². The summed E-state index contributed by atoms with van der Waals surface area (Å²) in [6, 6.07) is 11.8. The fourth-order valence-corrected chi connectivity index (χ4v) is 3.40. The number of carbonyl (C=O) groups is 1. The van der Waals surface area contributed by atoms with Gasteiger partial charge in [0.1, 0.15) is 0 Å². The van der Waals surface area contributed by atoms with Crippen LogP contribution in [-0.4, -0.2) is 23.9 Å². The highest BCUT2D eigenvalue weighted by atomic mass is 19.4. The largest absolute Gasteiger partial charge is 0.416 e. The summed E-state index contributed by atoms with van der Waals surface area (Å²) in [7, 11) is 0. The SMILES string of the molecule is C[C@H]1CCCN(Cc2ccc(C(=O)Nc3ccc(C(F)(F)F)cc3)cc2)C1. The third-order valence-corrected chi connectivity index (χ3v) is 4.83. The fourth-order valence-electron chi connectivity index (χ4n) is 3.40. The second-order valence-corrected chi connectivity index (χ2v) is 7.21. The van der Waals surface area contributed by atoms with Crippen molar-refractivity contribution < 1.29 is 18.0 Å². The maximum absolute atomic E-state index is 12.6. The van der Waals surface area contributed by atoms with E-state index in [0.29, 0.717) is 17.2 Å². The number of halogens is 3. The van der Waals surface area contributed by atoms with E-state index in [1.165, 1.54) is 25.0 Å². The van der Waals surface area contributed by atoms with Crippen molar-refractivity contribution in [3.63, 3.8) is 0 Å². The van der Waals surface area contributed by atoms with E-state index in [1.54, 1.807) is 12.1 Å². The maximum Gasteiger partial charge on any atom is 0.416 e. The Kier molecular flexibility index (Phi) is 5.85. The number of nitrogens with zero attached hydrogens (tertiary/aromatic N) is 1. The van der Waals surface area contributed by atoms with Gasteiger partial charge in [0.05, 0.1) is 5.56 Å². The Morgan fingerprint density at radius 2 is 1.78 bits per heavy atom. The molecule has 0 bridgehead atoms. The van der Waals surface area contributed by atoms with Gasteiger partial charge in [0.15, 0.2) is 0 Å². The summed E-state index contributed by atoms with van der Waals surface area (Å²) < 4.78 is 37.8. The van der Waals surface area contributed by atoms with Crippen molar-refractivity contribution in [2.45, 2.75) is 32.5 Å². The van der Waals surface area contributed by atoms with E-state index in [0.717, 1.165) is 37.3 Å².